The first-order valence-corrected chi connectivity index (χ1v) is 8.81. The summed E-state index contributed by atoms with van der Waals surface area (Å²) in [4.78, 5) is 0.219. The van der Waals surface area contributed by atoms with Crippen LogP contribution in [0.1, 0.15) is 24.8 Å². The molecule has 1 aromatic carbocycles. The fourth-order valence-electron chi connectivity index (χ4n) is 2.41. The molecule has 1 aliphatic heterocycles. The lowest BCUT2D eigenvalue weighted by Gasteiger charge is -2.26. The minimum absolute atomic E-state index is 0.0753. The van der Waals surface area contributed by atoms with E-state index in [0.29, 0.717) is 18.8 Å². The Balaban J connectivity index is 2.31. The van der Waals surface area contributed by atoms with Crippen LogP contribution in [0, 0.1) is 29.6 Å². The highest BCUT2D eigenvalue weighted by Gasteiger charge is 2.26. The number of hydrogen-bond donors (Lipinski definition) is 1. The van der Waals surface area contributed by atoms with Crippen molar-refractivity contribution in [1.29, 1.82) is 10.5 Å². The SMILES string of the molecule is Cc1ccc(S(=O)(=O)N2CCCCC2)cc1NC=C(C#N)C#N. The molecule has 2 rings (SSSR count). The summed E-state index contributed by atoms with van der Waals surface area (Å²) in [5.74, 6) is 0. The van der Waals surface area contributed by atoms with Crippen LogP contribution < -0.4 is 5.32 Å². The second-order valence-electron chi connectivity index (χ2n) is 5.37. The molecule has 0 amide bonds. The summed E-state index contributed by atoms with van der Waals surface area (Å²) < 4.78 is 26.9. The Morgan fingerprint density at radius 2 is 1.87 bits per heavy atom. The van der Waals surface area contributed by atoms with Crippen molar-refractivity contribution in [2.75, 3.05) is 18.4 Å². The summed E-state index contributed by atoms with van der Waals surface area (Å²) in [5.41, 5.74) is 1.31. The molecule has 120 valence electrons. The van der Waals surface area contributed by atoms with Crippen molar-refractivity contribution in [2.24, 2.45) is 0 Å². The zero-order valence-corrected chi connectivity index (χ0v) is 13.7. The molecule has 0 aliphatic carbocycles. The Labute approximate surface area is 136 Å². The van der Waals surface area contributed by atoms with Gasteiger partial charge < -0.3 is 5.32 Å². The van der Waals surface area contributed by atoms with Crippen LogP contribution in [0.25, 0.3) is 0 Å². The van der Waals surface area contributed by atoms with Crippen molar-refractivity contribution < 1.29 is 8.42 Å². The monoisotopic (exact) mass is 330 g/mol. The maximum absolute atomic E-state index is 12.7. The first kappa shape index (κ1) is 17.0. The predicted octanol–water partition coefficient (Wildman–Crippen LogP) is 2.51. The highest BCUT2D eigenvalue weighted by atomic mass is 32.2. The largest absolute Gasteiger partial charge is 0.360 e. The number of anilines is 1. The number of allylic oxidation sites excluding steroid dienone is 1. The van der Waals surface area contributed by atoms with E-state index in [1.165, 1.54) is 10.5 Å². The van der Waals surface area contributed by atoms with E-state index in [1.807, 2.05) is 6.92 Å². The van der Waals surface area contributed by atoms with Gasteiger partial charge in [0.1, 0.15) is 17.7 Å². The third-order valence-corrected chi connectivity index (χ3v) is 5.67. The van der Waals surface area contributed by atoms with Gasteiger partial charge >= 0.3 is 0 Å². The second-order valence-corrected chi connectivity index (χ2v) is 7.31. The second kappa shape index (κ2) is 7.28. The van der Waals surface area contributed by atoms with Gasteiger partial charge in [-0.15, -0.1) is 0 Å². The lowest BCUT2D eigenvalue weighted by atomic mass is 10.2. The smallest absolute Gasteiger partial charge is 0.243 e. The van der Waals surface area contributed by atoms with Gasteiger partial charge in [-0.05, 0) is 37.5 Å². The van der Waals surface area contributed by atoms with Crippen LogP contribution in [0.2, 0.25) is 0 Å². The highest BCUT2D eigenvalue weighted by Crippen LogP contribution is 2.25. The summed E-state index contributed by atoms with van der Waals surface area (Å²) in [6.45, 7) is 2.92. The fraction of sp³-hybridized carbons (Fsp3) is 0.375. The molecule has 0 bridgehead atoms. The van der Waals surface area contributed by atoms with Crippen LogP contribution in [-0.4, -0.2) is 25.8 Å². The van der Waals surface area contributed by atoms with Crippen LogP contribution >= 0.6 is 0 Å². The maximum Gasteiger partial charge on any atom is 0.243 e. The maximum atomic E-state index is 12.7. The van der Waals surface area contributed by atoms with E-state index in [2.05, 4.69) is 5.32 Å². The van der Waals surface area contributed by atoms with Gasteiger partial charge in [-0.2, -0.15) is 14.8 Å². The minimum Gasteiger partial charge on any atom is -0.360 e. The predicted molar refractivity (Wildman–Crippen MR) is 86.7 cm³/mol. The van der Waals surface area contributed by atoms with Crippen LogP contribution in [0.5, 0.6) is 0 Å². The van der Waals surface area contributed by atoms with Crippen LogP contribution in [0.15, 0.2) is 34.9 Å². The number of sulfonamides is 1. The lowest BCUT2D eigenvalue weighted by molar-refractivity contribution is 0.346. The molecule has 6 nitrogen and oxygen atoms in total. The van der Waals surface area contributed by atoms with Crippen molar-refractivity contribution in [1.82, 2.24) is 4.31 Å². The van der Waals surface area contributed by atoms with Gasteiger partial charge in [0.2, 0.25) is 10.0 Å². The molecular weight excluding hydrogens is 312 g/mol. The van der Waals surface area contributed by atoms with Gasteiger partial charge in [-0.25, -0.2) is 8.42 Å². The summed E-state index contributed by atoms with van der Waals surface area (Å²) in [7, 11) is -3.51. The van der Waals surface area contributed by atoms with Crippen molar-refractivity contribution in [3.63, 3.8) is 0 Å². The number of nitrogens with one attached hydrogen (secondary N) is 1. The zero-order chi connectivity index (χ0) is 16.9. The molecule has 1 N–H and O–H groups in total. The normalized spacial score (nSPS) is 15.3. The van der Waals surface area contributed by atoms with E-state index in [9.17, 15) is 8.42 Å². The number of rotatable bonds is 4. The quantitative estimate of drug-likeness (QED) is 0.856. The summed E-state index contributed by atoms with van der Waals surface area (Å²) in [6.07, 6.45) is 4.10. The molecule has 0 radical (unpaired) electrons. The zero-order valence-electron chi connectivity index (χ0n) is 12.9. The van der Waals surface area contributed by atoms with Gasteiger partial charge in [-0.3, -0.25) is 0 Å². The van der Waals surface area contributed by atoms with E-state index in [-0.39, 0.29) is 10.5 Å². The summed E-state index contributed by atoms with van der Waals surface area (Å²) in [5, 5.41) is 20.3. The topological polar surface area (TPSA) is 97.0 Å². The molecule has 23 heavy (non-hydrogen) atoms. The van der Waals surface area contributed by atoms with Crippen LogP contribution in [0.3, 0.4) is 0 Å². The molecule has 0 spiro atoms. The lowest BCUT2D eigenvalue weighted by Crippen LogP contribution is -2.35. The highest BCUT2D eigenvalue weighted by molar-refractivity contribution is 7.89. The summed E-state index contributed by atoms with van der Waals surface area (Å²) >= 11 is 0. The summed E-state index contributed by atoms with van der Waals surface area (Å²) in [6, 6.07) is 8.34. The Morgan fingerprint density at radius 1 is 1.22 bits per heavy atom. The molecule has 0 unspecified atom stereocenters. The Hall–Kier alpha value is -2.35. The molecule has 1 saturated heterocycles. The van der Waals surface area contributed by atoms with Crippen molar-refractivity contribution >= 4 is 15.7 Å². The van der Waals surface area contributed by atoms with E-state index in [1.54, 1.807) is 30.3 Å². The standard InChI is InChI=1S/C16H18N4O2S/c1-13-5-6-15(9-16(13)19-12-14(10-17)11-18)23(21,22)20-7-3-2-4-8-20/h5-6,9,12,19H,2-4,7-8H2,1H3. The molecule has 0 saturated carbocycles. The van der Waals surface area contributed by atoms with Gasteiger partial charge in [0, 0.05) is 25.0 Å². The third kappa shape index (κ3) is 3.89. The molecule has 1 aromatic rings. The van der Waals surface area contributed by atoms with Gasteiger partial charge in [0.15, 0.2) is 0 Å². The third-order valence-electron chi connectivity index (χ3n) is 3.77. The number of nitrogens with zero attached hydrogens (tertiary/aromatic N) is 3. The average molecular weight is 330 g/mol. The minimum atomic E-state index is -3.51. The molecular formula is C16H18N4O2S. The van der Waals surface area contributed by atoms with Gasteiger partial charge in [0.05, 0.1) is 4.90 Å². The first-order chi connectivity index (χ1) is 11.0. The van der Waals surface area contributed by atoms with E-state index < -0.39 is 10.0 Å². The molecule has 7 heteroatoms. The Bertz CT molecular complexity index is 778. The van der Waals surface area contributed by atoms with Crippen molar-refractivity contribution in [2.45, 2.75) is 31.1 Å². The first-order valence-electron chi connectivity index (χ1n) is 7.37. The fourth-order valence-corrected chi connectivity index (χ4v) is 3.95. The van der Waals surface area contributed by atoms with Crippen LogP contribution in [0.4, 0.5) is 5.69 Å². The van der Waals surface area contributed by atoms with Gasteiger partial charge in [-0.1, -0.05) is 12.5 Å². The average Bonchev–Trinajstić information content (AvgIpc) is 2.58. The van der Waals surface area contributed by atoms with Gasteiger partial charge in [0.25, 0.3) is 0 Å². The number of benzene rings is 1. The number of hydrogen-bond acceptors (Lipinski definition) is 5. The molecule has 0 aromatic heterocycles. The van der Waals surface area contributed by atoms with Crippen LogP contribution in [-0.2, 0) is 10.0 Å². The molecule has 1 heterocycles. The Kier molecular flexibility index (Phi) is 5.38. The number of aryl methyl sites for hydroxylation is 1. The van der Waals surface area contributed by atoms with Crippen molar-refractivity contribution in [3.8, 4) is 12.1 Å². The van der Waals surface area contributed by atoms with Crippen molar-refractivity contribution in [3.05, 3.63) is 35.5 Å². The van der Waals surface area contributed by atoms with E-state index >= 15 is 0 Å². The number of piperidine rings is 1. The van der Waals surface area contributed by atoms with E-state index in [4.69, 9.17) is 10.5 Å². The molecule has 1 aliphatic rings. The number of nitriles is 2. The Morgan fingerprint density at radius 3 is 2.48 bits per heavy atom. The molecule has 0 atom stereocenters. The van der Waals surface area contributed by atoms with E-state index in [0.717, 1.165) is 24.8 Å². The molecule has 1 fully saturated rings.